The van der Waals surface area contributed by atoms with E-state index >= 15 is 0 Å². The van der Waals surface area contributed by atoms with Crippen molar-refractivity contribution < 1.29 is 37.1 Å². The molecule has 5 atom stereocenters. The zero-order valence-electron chi connectivity index (χ0n) is 32.3. The summed E-state index contributed by atoms with van der Waals surface area (Å²) in [6.07, 6.45) is 10.4. The lowest BCUT2D eigenvalue weighted by Gasteiger charge is -2.29. The van der Waals surface area contributed by atoms with Crippen molar-refractivity contribution >= 4 is 50.8 Å². The Morgan fingerprint density at radius 2 is 1.89 bits per heavy atom. The molecule has 2 aromatic carbocycles. The van der Waals surface area contributed by atoms with Gasteiger partial charge in [-0.3, -0.25) is 19.1 Å². The first-order valence-corrected chi connectivity index (χ1v) is 21.6. The van der Waals surface area contributed by atoms with Gasteiger partial charge in [-0.25, -0.2) is 18.2 Å². The topological polar surface area (TPSA) is 173 Å². The Morgan fingerprint density at radius 1 is 1.09 bits per heavy atom. The van der Waals surface area contributed by atoms with Gasteiger partial charge in [-0.05, 0) is 69.1 Å². The number of aromatic nitrogens is 1. The summed E-state index contributed by atoms with van der Waals surface area (Å²) < 4.78 is 40.0. The lowest BCUT2D eigenvalue weighted by molar-refractivity contribution is -0.141. The summed E-state index contributed by atoms with van der Waals surface area (Å²) in [6.45, 7) is 5.99. The van der Waals surface area contributed by atoms with Crippen molar-refractivity contribution in [3.63, 3.8) is 0 Å². The van der Waals surface area contributed by atoms with Crippen LogP contribution in [0.5, 0.6) is 5.75 Å². The zero-order chi connectivity index (χ0) is 40.2. The predicted octanol–water partition coefficient (Wildman–Crippen LogP) is 5.79. The molecule has 0 unspecified atom stereocenters. The number of unbranched alkanes of at least 4 members (excludes halogenated alkanes) is 1. The van der Waals surface area contributed by atoms with Crippen LogP contribution in [0.2, 0.25) is 0 Å². The van der Waals surface area contributed by atoms with Gasteiger partial charge in [0.25, 0.3) is 5.91 Å². The molecule has 1 saturated heterocycles. The third-order valence-electron chi connectivity index (χ3n) is 11.3. The van der Waals surface area contributed by atoms with Gasteiger partial charge in [0.05, 0.1) is 29.6 Å². The zero-order valence-corrected chi connectivity index (χ0v) is 33.1. The van der Waals surface area contributed by atoms with Crippen molar-refractivity contribution in [3.8, 4) is 17.0 Å². The van der Waals surface area contributed by atoms with Crippen LogP contribution in [-0.2, 0) is 29.1 Å². The minimum absolute atomic E-state index is 0.000491. The number of sulfonamides is 1. The second kappa shape index (κ2) is 17.1. The number of hydrogen-bond acceptors (Lipinski definition) is 9. The lowest BCUT2D eigenvalue weighted by atomic mass is 10.1. The summed E-state index contributed by atoms with van der Waals surface area (Å²) in [5.74, 6) is -1.93. The Kier molecular flexibility index (Phi) is 12.0. The van der Waals surface area contributed by atoms with Crippen molar-refractivity contribution in [3.05, 3.63) is 78.9 Å². The summed E-state index contributed by atoms with van der Waals surface area (Å²) in [4.78, 5) is 62.0. The van der Waals surface area contributed by atoms with E-state index in [0.29, 0.717) is 49.1 Å². The van der Waals surface area contributed by atoms with Crippen LogP contribution >= 0.6 is 0 Å². The second-order valence-electron chi connectivity index (χ2n) is 15.5. The first-order valence-electron chi connectivity index (χ1n) is 20.1. The maximum Gasteiger partial charge on any atom is 0.407 e. The normalized spacial score (nSPS) is 25.5. The highest BCUT2D eigenvalue weighted by Crippen LogP contribution is 2.45. The molecular weight excluding hydrogens is 747 g/mol. The maximum atomic E-state index is 14.6. The average molecular weight is 798 g/mol. The molecule has 7 rings (SSSR count). The summed E-state index contributed by atoms with van der Waals surface area (Å²) >= 11 is 0. The average Bonchev–Trinajstić information content (AvgIpc) is 4.14. The van der Waals surface area contributed by atoms with Crippen LogP contribution in [0.1, 0.15) is 83.1 Å². The van der Waals surface area contributed by atoms with Crippen molar-refractivity contribution in [2.24, 2.45) is 5.92 Å². The molecule has 3 heterocycles. The van der Waals surface area contributed by atoms with Gasteiger partial charge in [0.1, 0.15) is 29.5 Å². The highest BCUT2D eigenvalue weighted by molar-refractivity contribution is 7.91. The highest BCUT2D eigenvalue weighted by Gasteiger charge is 2.62. The molecule has 57 heavy (non-hydrogen) atoms. The van der Waals surface area contributed by atoms with Crippen molar-refractivity contribution in [1.29, 1.82) is 0 Å². The molecule has 4 bridgehead atoms. The minimum Gasteiger partial charge on any atom is -0.488 e. The summed E-state index contributed by atoms with van der Waals surface area (Å²) in [7, 11) is -3.90. The van der Waals surface area contributed by atoms with E-state index in [0.717, 1.165) is 42.2 Å². The van der Waals surface area contributed by atoms with Gasteiger partial charge >= 0.3 is 6.09 Å². The molecule has 3 fully saturated rings. The molecule has 13 nitrogen and oxygen atoms in total. The second-order valence-corrected chi connectivity index (χ2v) is 17.5. The van der Waals surface area contributed by atoms with Crippen LogP contribution in [0.4, 0.5) is 4.79 Å². The molecule has 302 valence electrons. The van der Waals surface area contributed by atoms with Gasteiger partial charge in [-0.2, -0.15) is 0 Å². The van der Waals surface area contributed by atoms with Crippen molar-refractivity contribution in [2.45, 2.75) is 107 Å². The molecule has 3 N–H and O–H groups in total. The number of pyridine rings is 1. The Hall–Kier alpha value is -5.24. The van der Waals surface area contributed by atoms with Gasteiger partial charge in [0, 0.05) is 29.4 Å². The summed E-state index contributed by atoms with van der Waals surface area (Å²) in [5, 5.41) is 5.73. The standard InChI is InChI=1S/C43H51N5O8S/c1-3-5-17-35-40(50)48-27-31(24-37(48)39(49)46-43(26-30(43)4-2)41(51)47-57(53,54)32-19-20-32)56-38-25-36(29-15-11-9-12-16-29)44-34-21-18-28(23-33(34)38)14-10-7-6-8-13-22-55-42(52)45-35/h4,9-12,14-16,18,21,23,25,30-32,35,37H,2-3,5-8,13,17,19-20,22,24,26-27H2,1H3,(H,45,52)(H,46,49)(H,47,51)/t30-,31-,35+,37+,43-/m1/s1. The van der Waals surface area contributed by atoms with E-state index < -0.39 is 68.7 Å². The van der Waals surface area contributed by atoms with E-state index in [2.05, 4.69) is 34.1 Å². The quantitative estimate of drug-likeness (QED) is 0.215. The number of cyclic esters (lactones) is 1. The number of rotatable bonds is 10. The first-order chi connectivity index (χ1) is 27.5. The minimum atomic E-state index is -3.90. The van der Waals surface area contributed by atoms with Gasteiger partial charge in [0.2, 0.25) is 21.8 Å². The van der Waals surface area contributed by atoms with Crippen LogP contribution in [0.25, 0.3) is 28.2 Å². The van der Waals surface area contributed by atoms with E-state index in [9.17, 15) is 27.6 Å². The highest BCUT2D eigenvalue weighted by atomic mass is 32.2. The number of nitrogens with zero attached hydrogens (tertiary/aromatic N) is 2. The van der Waals surface area contributed by atoms with Crippen molar-refractivity contribution in [2.75, 3.05) is 13.2 Å². The maximum absolute atomic E-state index is 14.6. The van der Waals surface area contributed by atoms with Crippen LogP contribution < -0.4 is 20.1 Å². The van der Waals surface area contributed by atoms with E-state index in [-0.39, 0.29) is 26.0 Å². The van der Waals surface area contributed by atoms with Gasteiger partial charge in [-0.1, -0.05) is 74.4 Å². The van der Waals surface area contributed by atoms with E-state index in [1.54, 1.807) is 0 Å². The fourth-order valence-corrected chi connectivity index (χ4v) is 9.08. The fraction of sp³-hybridized carbons (Fsp3) is 0.465. The number of nitrogens with one attached hydrogen (secondary N) is 3. The molecule has 3 aromatic rings. The molecular formula is C43H51N5O8S. The molecule has 2 aliphatic carbocycles. The van der Waals surface area contributed by atoms with Gasteiger partial charge in [0.15, 0.2) is 0 Å². The van der Waals surface area contributed by atoms with Crippen LogP contribution in [0, 0.1) is 5.92 Å². The number of alkyl carbamates (subject to hydrolysis) is 1. The van der Waals surface area contributed by atoms with Gasteiger partial charge in [-0.15, -0.1) is 6.58 Å². The molecule has 2 saturated carbocycles. The third kappa shape index (κ3) is 9.16. The lowest BCUT2D eigenvalue weighted by Crippen LogP contribution is -2.58. The number of hydrogen-bond donors (Lipinski definition) is 3. The van der Waals surface area contributed by atoms with Crippen LogP contribution in [0.3, 0.4) is 0 Å². The molecule has 0 radical (unpaired) electrons. The molecule has 14 heteroatoms. The van der Waals surface area contributed by atoms with E-state index in [1.807, 2.05) is 61.5 Å². The number of ether oxygens (including phenoxy) is 2. The number of fused-ring (bicyclic) bond motifs is 3. The number of allylic oxidation sites excluding steroid dienone is 1. The summed E-state index contributed by atoms with van der Waals surface area (Å²) in [5.41, 5.74) is 1.71. The molecule has 2 aliphatic heterocycles. The van der Waals surface area contributed by atoms with Crippen LogP contribution in [-0.4, -0.2) is 84.2 Å². The largest absolute Gasteiger partial charge is 0.488 e. The Morgan fingerprint density at radius 3 is 2.63 bits per heavy atom. The molecule has 4 aliphatic rings. The third-order valence-corrected chi connectivity index (χ3v) is 13.1. The Bertz CT molecular complexity index is 2160. The molecule has 4 amide bonds. The number of benzene rings is 2. The number of amides is 4. The van der Waals surface area contributed by atoms with E-state index in [1.165, 1.54) is 11.0 Å². The van der Waals surface area contributed by atoms with Crippen molar-refractivity contribution in [1.82, 2.24) is 25.2 Å². The monoisotopic (exact) mass is 797 g/mol. The fourth-order valence-electron chi connectivity index (χ4n) is 7.72. The van der Waals surface area contributed by atoms with Crippen LogP contribution in [0.15, 0.2) is 73.3 Å². The molecule has 0 spiro atoms. The SMILES string of the molecule is C=C[C@@H]1C[C@]1(NC(=O)[C@@H]1C[C@@H]2CN1C(=O)[C@H](CCCC)NC(=O)OCCCCCC=Cc1ccc3nc(-c4ccccc4)cc(c3c1)O2)C(=O)NS(=O)(=O)C1CC1. The Balaban J connectivity index is 1.24. The van der Waals surface area contributed by atoms with Gasteiger partial charge < -0.3 is 25.0 Å². The summed E-state index contributed by atoms with van der Waals surface area (Å²) in [6, 6.07) is 15.5. The smallest absolute Gasteiger partial charge is 0.407 e. The molecule has 1 aromatic heterocycles. The number of carbonyl (C=O) groups excluding carboxylic acids is 4. The Labute approximate surface area is 333 Å². The first kappa shape index (κ1) is 40.0. The number of carbonyl (C=O) groups is 4. The predicted molar refractivity (Wildman–Crippen MR) is 216 cm³/mol. The van der Waals surface area contributed by atoms with E-state index in [4.69, 9.17) is 14.5 Å².